The third-order valence-corrected chi connectivity index (χ3v) is 5.42. The molecule has 8 nitrogen and oxygen atoms in total. The van der Waals surface area contributed by atoms with Crippen molar-refractivity contribution in [3.05, 3.63) is 54.1 Å². The van der Waals surface area contributed by atoms with E-state index < -0.39 is 27.8 Å². The first kappa shape index (κ1) is 20.7. The Hall–Kier alpha value is -3.07. The molecule has 1 aliphatic heterocycles. The zero-order chi connectivity index (χ0) is 21.0. The SMILES string of the molecule is COc1ccccc1Oc1ccc(CN2C(=O)N[C@@H](CCS(C)(=O)=O)C2=O)cc1. The number of imide groups is 1. The van der Waals surface area contributed by atoms with Gasteiger partial charge >= 0.3 is 6.03 Å². The van der Waals surface area contributed by atoms with Crippen molar-refractivity contribution in [3.8, 4) is 17.2 Å². The van der Waals surface area contributed by atoms with Crippen LogP contribution in [0.3, 0.4) is 0 Å². The molecule has 0 aliphatic carbocycles. The van der Waals surface area contributed by atoms with Crippen molar-refractivity contribution in [2.45, 2.75) is 19.0 Å². The third-order valence-electron chi connectivity index (χ3n) is 4.45. The van der Waals surface area contributed by atoms with Crippen LogP contribution in [-0.4, -0.2) is 50.4 Å². The summed E-state index contributed by atoms with van der Waals surface area (Å²) in [7, 11) is -1.65. The number of para-hydroxylation sites is 2. The molecule has 0 spiro atoms. The fraction of sp³-hybridized carbons (Fsp3) is 0.300. The average molecular weight is 418 g/mol. The Morgan fingerprint density at radius 1 is 1.03 bits per heavy atom. The van der Waals surface area contributed by atoms with E-state index >= 15 is 0 Å². The Morgan fingerprint density at radius 3 is 2.31 bits per heavy atom. The molecule has 2 aromatic carbocycles. The number of methoxy groups -OCH3 is 1. The van der Waals surface area contributed by atoms with Crippen LogP contribution in [0.25, 0.3) is 0 Å². The molecular weight excluding hydrogens is 396 g/mol. The molecule has 1 N–H and O–H groups in total. The lowest BCUT2D eigenvalue weighted by atomic mass is 10.2. The van der Waals surface area contributed by atoms with Gasteiger partial charge in [-0.05, 0) is 36.2 Å². The van der Waals surface area contributed by atoms with Crippen molar-refractivity contribution >= 4 is 21.8 Å². The Morgan fingerprint density at radius 2 is 1.69 bits per heavy atom. The summed E-state index contributed by atoms with van der Waals surface area (Å²) in [5.41, 5.74) is 0.740. The Kier molecular flexibility index (Phi) is 6.07. The standard InChI is InChI=1S/C20H22N2O6S/c1-27-17-5-3-4-6-18(17)28-15-9-7-14(8-10-15)13-22-19(23)16(21-20(22)24)11-12-29(2,25)26/h3-10,16H,11-13H2,1-2H3,(H,21,24)/t16-/m0/s1. The van der Waals surface area contributed by atoms with Crippen molar-refractivity contribution in [1.29, 1.82) is 0 Å². The second kappa shape index (κ2) is 8.52. The number of nitrogens with one attached hydrogen (secondary N) is 1. The van der Waals surface area contributed by atoms with E-state index in [-0.39, 0.29) is 18.7 Å². The van der Waals surface area contributed by atoms with Crippen molar-refractivity contribution in [3.63, 3.8) is 0 Å². The smallest absolute Gasteiger partial charge is 0.325 e. The summed E-state index contributed by atoms with van der Waals surface area (Å²) in [5, 5.41) is 2.54. The largest absolute Gasteiger partial charge is 0.493 e. The van der Waals surface area contributed by atoms with Crippen LogP contribution in [0.4, 0.5) is 4.79 Å². The molecule has 1 fully saturated rings. The lowest BCUT2D eigenvalue weighted by Crippen LogP contribution is -2.32. The molecular formula is C20H22N2O6S. The monoisotopic (exact) mass is 418 g/mol. The highest BCUT2D eigenvalue weighted by Gasteiger charge is 2.37. The summed E-state index contributed by atoms with van der Waals surface area (Å²) >= 11 is 0. The first-order valence-corrected chi connectivity index (χ1v) is 11.0. The first-order chi connectivity index (χ1) is 13.8. The predicted octanol–water partition coefficient (Wildman–Crippen LogP) is 2.34. The summed E-state index contributed by atoms with van der Waals surface area (Å²) in [4.78, 5) is 25.6. The van der Waals surface area contributed by atoms with Gasteiger partial charge in [-0.3, -0.25) is 9.69 Å². The van der Waals surface area contributed by atoms with E-state index in [1.165, 1.54) is 0 Å². The quantitative estimate of drug-likeness (QED) is 0.660. The molecule has 0 aromatic heterocycles. The number of rotatable bonds is 8. The van der Waals surface area contributed by atoms with Crippen LogP contribution in [0.1, 0.15) is 12.0 Å². The maximum absolute atomic E-state index is 12.4. The fourth-order valence-electron chi connectivity index (χ4n) is 2.93. The summed E-state index contributed by atoms with van der Waals surface area (Å²) in [5.74, 6) is 1.18. The van der Waals surface area contributed by atoms with E-state index in [9.17, 15) is 18.0 Å². The van der Waals surface area contributed by atoms with Gasteiger partial charge in [-0.25, -0.2) is 13.2 Å². The van der Waals surface area contributed by atoms with Gasteiger partial charge in [0.2, 0.25) is 0 Å². The van der Waals surface area contributed by atoms with Gasteiger partial charge in [0.1, 0.15) is 21.6 Å². The molecule has 1 aliphatic rings. The maximum Gasteiger partial charge on any atom is 0.325 e. The lowest BCUT2D eigenvalue weighted by Gasteiger charge is -2.14. The van der Waals surface area contributed by atoms with E-state index in [4.69, 9.17) is 9.47 Å². The lowest BCUT2D eigenvalue weighted by molar-refractivity contribution is -0.127. The van der Waals surface area contributed by atoms with Gasteiger partial charge < -0.3 is 14.8 Å². The van der Waals surface area contributed by atoms with Gasteiger partial charge in [0, 0.05) is 6.26 Å². The summed E-state index contributed by atoms with van der Waals surface area (Å²) in [6, 6.07) is 12.9. The topological polar surface area (TPSA) is 102 Å². The highest BCUT2D eigenvalue weighted by Crippen LogP contribution is 2.31. The minimum absolute atomic E-state index is 0.0611. The minimum Gasteiger partial charge on any atom is -0.493 e. The molecule has 0 unspecified atom stereocenters. The second-order valence-corrected chi connectivity index (χ2v) is 9.00. The number of nitrogens with zero attached hydrogens (tertiary/aromatic N) is 1. The highest BCUT2D eigenvalue weighted by molar-refractivity contribution is 7.90. The Labute approximate surface area is 169 Å². The second-order valence-electron chi connectivity index (χ2n) is 6.74. The number of benzene rings is 2. The van der Waals surface area contributed by atoms with Crippen LogP contribution in [0.5, 0.6) is 17.2 Å². The van der Waals surface area contributed by atoms with E-state index in [1.54, 1.807) is 43.5 Å². The zero-order valence-corrected chi connectivity index (χ0v) is 16.9. The summed E-state index contributed by atoms with van der Waals surface area (Å²) < 4.78 is 33.6. The van der Waals surface area contributed by atoms with Crippen LogP contribution in [-0.2, 0) is 21.2 Å². The van der Waals surface area contributed by atoms with Crippen LogP contribution in [0.15, 0.2) is 48.5 Å². The van der Waals surface area contributed by atoms with Crippen molar-refractivity contribution in [1.82, 2.24) is 10.2 Å². The van der Waals surface area contributed by atoms with Gasteiger partial charge in [0.25, 0.3) is 5.91 Å². The number of ether oxygens (including phenoxy) is 2. The number of hydrogen-bond acceptors (Lipinski definition) is 6. The molecule has 3 rings (SSSR count). The molecule has 2 aromatic rings. The number of sulfone groups is 1. The molecule has 0 radical (unpaired) electrons. The summed E-state index contributed by atoms with van der Waals surface area (Å²) in [6.07, 6.45) is 1.16. The number of urea groups is 1. The number of hydrogen-bond donors (Lipinski definition) is 1. The van der Waals surface area contributed by atoms with Gasteiger partial charge in [-0.15, -0.1) is 0 Å². The van der Waals surface area contributed by atoms with Crippen LogP contribution in [0, 0.1) is 0 Å². The minimum atomic E-state index is -3.21. The summed E-state index contributed by atoms with van der Waals surface area (Å²) in [6.45, 7) is 0.0922. The molecule has 29 heavy (non-hydrogen) atoms. The number of amides is 3. The Bertz CT molecular complexity index is 1000. The van der Waals surface area contributed by atoms with Gasteiger partial charge in [0.15, 0.2) is 11.5 Å². The predicted molar refractivity (Wildman–Crippen MR) is 107 cm³/mol. The van der Waals surface area contributed by atoms with Crippen LogP contribution >= 0.6 is 0 Å². The highest BCUT2D eigenvalue weighted by atomic mass is 32.2. The average Bonchev–Trinajstić information content (AvgIpc) is 2.95. The normalized spacial score (nSPS) is 16.6. The fourth-order valence-corrected chi connectivity index (χ4v) is 3.59. The first-order valence-electron chi connectivity index (χ1n) is 8.96. The zero-order valence-electron chi connectivity index (χ0n) is 16.1. The van der Waals surface area contributed by atoms with Crippen molar-refractivity contribution < 1.29 is 27.5 Å². The molecule has 0 bridgehead atoms. The molecule has 0 saturated carbocycles. The van der Waals surface area contributed by atoms with E-state index in [1.807, 2.05) is 12.1 Å². The van der Waals surface area contributed by atoms with Crippen molar-refractivity contribution in [2.75, 3.05) is 19.1 Å². The van der Waals surface area contributed by atoms with E-state index in [2.05, 4.69) is 5.32 Å². The molecule has 1 atom stereocenters. The number of carbonyl (C=O) groups excluding carboxylic acids is 2. The molecule has 1 heterocycles. The molecule has 3 amide bonds. The van der Waals surface area contributed by atoms with Gasteiger partial charge in [-0.2, -0.15) is 0 Å². The van der Waals surface area contributed by atoms with E-state index in [0.29, 0.717) is 17.2 Å². The van der Waals surface area contributed by atoms with E-state index in [0.717, 1.165) is 16.7 Å². The number of carbonyl (C=O) groups is 2. The Balaban J connectivity index is 1.63. The third kappa shape index (κ3) is 5.26. The van der Waals surface area contributed by atoms with Crippen LogP contribution in [0.2, 0.25) is 0 Å². The maximum atomic E-state index is 12.4. The molecule has 9 heteroatoms. The molecule has 154 valence electrons. The van der Waals surface area contributed by atoms with Gasteiger partial charge in [0.05, 0.1) is 19.4 Å². The van der Waals surface area contributed by atoms with Crippen LogP contribution < -0.4 is 14.8 Å². The van der Waals surface area contributed by atoms with Crippen molar-refractivity contribution in [2.24, 2.45) is 0 Å². The van der Waals surface area contributed by atoms with Gasteiger partial charge in [-0.1, -0.05) is 24.3 Å². The molecule has 1 saturated heterocycles.